The van der Waals surface area contributed by atoms with E-state index in [1.807, 2.05) is 18.2 Å². The molecule has 3 heteroatoms. The van der Waals surface area contributed by atoms with Crippen molar-refractivity contribution in [1.29, 1.82) is 0 Å². The number of Topliss-reactive ketones (excluding diaryl/α,β-unsaturated/α-hetero) is 1. The lowest BCUT2D eigenvalue weighted by Crippen LogP contribution is -2.35. The van der Waals surface area contributed by atoms with Gasteiger partial charge in [-0.25, -0.2) is 0 Å². The number of ketones is 1. The Bertz CT molecular complexity index is 358. The van der Waals surface area contributed by atoms with E-state index in [-0.39, 0.29) is 5.78 Å². The van der Waals surface area contributed by atoms with Crippen molar-refractivity contribution in [2.24, 2.45) is 0 Å². The molecule has 0 unspecified atom stereocenters. The maximum absolute atomic E-state index is 11.8. The van der Waals surface area contributed by atoms with Crippen molar-refractivity contribution in [2.75, 3.05) is 7.11 Å². The molecule has 1 aromatic carbocycles. The van der Waals surface area contributed by atoms with E-state index in [0.29, 0.717) is 11.4 Å². The molecule has 0 heterocycles. The summed E-state index contributed by atoms with van der Waals surface area (Å²) in [6.07, 6.45) is 0.306. The maximum Gasteiger partial charge on any atom is 0.168 e. The molecule has 0 aromatic heterocycles. The van der Waals surface area contributed by atoms with Gasteiger partial charge in [0.15, 0.2) is 5.78 Å². The fraction of sp³-hybridized carbons (Fsp3) is 0.417. The van der Waals surface area contributed by atoms with Gasteiger partial charge in [-0.15, -0.1) is 0 Å². The highest BCUT2D eigenvalue weighted by molar-refractivity contribution is 6.31. The van der Waals surface area contributed by atoms with Crippen molar-refractivity contribution in [3.63, 3.8) is 0 Å². The van der Waals surface area contributed by atoms with Gasteiger partial charge >= 0.3 is 0 Å². The molecule has 0 radical (unpaired) electrons. The van der Waals surface area contributed by atoms with Crippen LogP contribution in [0.4, 0.5) is 0 Å². The Morgan fingerprint density at radius 3 is 2.53 bits per heavy atom. The Balaban J connectivity index is 2.80. The second-order valence-electron chi connectivity index (χ2n) is 3.91. The van der Waals surface area contributed by atoms with E-state index in [1.54, 1.807) is 19.9 Å². The van der Waals surface area contributed by atoms with Crippen LogP contribution in [0.1, 0.15) is 19.4 Å². The van der Waals surface area contributed by atoms with Crippen LogP contribution in [0.25, 0.3) is 0 Å². The highest BCUT2D eigenvalue weighted by Crippen LogP contribution is 2.19. The van der Waals surface area contributed by atoms with E-state index >= 15 is 0 Å². The third-order valence-corrected chi connectivity index (χ3v) is 2.86. The van der Waals surface area contributed by atoms with E-state index in [4.69, 9.17) is 16.3 Å². The first-order chi connectivity index (χ1) is 6.97. The third-order valence-electron chi connectivity index (χ3n) is 2.49. The molecule has 1 rings (SSSR count). The second-order valence-corrected chi connectivity index (χ2v) is 4.31. The molecule has 0 spiro atoms. The first kappa shape index (κ1) is 12.2. The van der Waals surface area contributed by atoms with E-state index in [1.165, 1.54) is 7.11 Å². The van der Waals surface area contributed by atoms with Gasteiger partial charge < -0.3 is 4.74 Å². The topological polar surface area (TPSA) is 26.3 Å². The van der Waals surface area contributed by atoms with Gasteiger partial charge in [0.05, 0.1) is 0 Å². The van der Waals surface area contributed by atoms with Gasteiger partial charge in [0.25, 0.3) is 0 Å². The molecule has 2 nitrogen and oxygen atoms in total. The van der Waals surface area contributed by atoms with E-state index < -0.39 is 5.60 Å². The zero-order valence-electron chi connectivity index (χ0n) is 9.21. The quantitative estimate of drug-likeness (QED) is 0.789. The predicted molar refractivity (Wildman–Crippen MR) is 61.3 cm³/mol. The van der Waals surface area contributed by atoms with Crippen LogP contribution in [0.5, 0.6) is 0 Å². The summed E-state index contributed by atoms with van der Waals surface area (Å²) in [5, 5.41) is 0.623. The predicted octanol–water partition coefficient (Wildman–Crippen LogP) is 2.88. The third kappa shape index (κ3) is 3.05. The van der Waals surface area contributed by atoms with Gasteiger partial charge in [-0.3, -0.25) is 4.79 Å². The Morgan fingerprint density at radius 2 is 2.00 bits per heavy atom. The summed E-state index contributed by atoms with van der Waals surface area (Å²) in [4.78, 5) is 11.8. The van der Waals surface area contributed by atoms with Crippen LogP contribution >= 0.6 is 11.6 Å². The summed E-state index contributed by atoms with van der Waals surface area (Å²) >= 11 is 5.97. The van der Waals surface area contributed by atoms with Crippen molar-refractivity contribution in [2.45, 2.75) is 25.9 Å². The highest BCUT2D eigenvalue weighted by atomic mass is 35.5. The van der Waals surface area contributed by atoms with Crippen molar-refractivity contribution in [1.82, 2.24) is 0 Å². The second kappa shape index (κ2) is 4.77. The molecule has 1 aromatic rings. The van der Waals surface area contributed by atoms with E-state index in [2.05, 4.69) is 0 Å². The molecule has 0 saturated carbocycles. The minimum atomic E-state index is -0.751. The molecule has 0 atom stereocenters. The van der Waals surface area contributed by atoms with Crippen LogP contribution in [0.3, 0.4) is 0 Å². The monoisotopic (exact) mass is 226 g/mol. The summed E-state index contributed by atoms with van der Waals surface area (Å²) in [7, 11) is 1.53. The molecule has 0 amide bonds. The van der Waals surface area contributed by atoms with Gasteiger partial charge in [-0.1, -0.05) is 29.8 Å². The molecule has 0 fully saturated rings. The van der Waals surface area contributed by atoms with Crippen LogP contribution in [-0.4, -0.2) is 18.5 Å². The van der Waals surface area contributed by atoms with Crippen LogP contribution in [-0.2, 0) is 16.0 Å². The maximum atomic E-state index is 11.8. The van der Waals surface area contributed by atoms with Crippen LogP contribution < -0.4 is 0 Å². The molecular weight excluding hydrogens is 212 g/mol. The average molecular weight is 227 g/mol. The molecule has 0 N–H and O–H groups in total. The van der Waals surface area contributed by atoms with Crippen LogP contribution in [0.2, 0.25) is 5.02 Å². The summed E-state index contributed by atoms with van der Waals surface area (Å²) < 4.78 is 5.12. The molecule has 15 heavy (non-hydrogen) atoms. The molecule has 0 aliphatic rings. The number of methoxy groups -OCH3 is 1. The van der Waals surface area contributed by atoms with Gasteiger partial charge in [-0.05, 0) is 25.5 Å². The Hall–Kier alpha value is -0.860. The van der Waals surface area contributed by atoms with Crippen LogP contribution in [0.15, 0.2) is 24.3 Å². The van der Waals surface area contributed by atoms with Crippen molar-refractivity contribution >= 4 is 17.4 Å². The number of benzene rings is 1. The number of halogens is 1. The Labute approximate surface area is 95.2 Å². The molecular formula is C12H15ClO2. The number of rotatable bonds is 4. The first-order valence-electron chi connectivity index (χ1n) is 4.79. The van der Waals surface area contributed by atoms with Crippen molar-refractivity contribution < 1.29 is 9.53 Å². The lowest BCUT2D eigenvalue weighted by molar-refractivity contribution is -0.136. The molecule has 0 aliphatic heterocycles. The normalized spacial score (nSPS) is 11.5. The van der Waals surface area contributed by atoms with E-state index in [9.17, 15) is 4.79 Å². The van der Waals surface area contributed by atoms with Crippen LogP contribution in [0, 0.1) is 0 Å². The lowest BCUT2D eigenvalue weighted by atomic mass is 9.97. The van der Waals surface area contributed by atoms with Gasteiger partial charge in [-0.2, -0.15) is 0 Å². The average Bonchev–Trinajstić information content (AvgIpc) is 2.21. The number of hydrogen-bond donors (Lipinski definition) is 0. The summed E-state index contributed by atoms with van der Waals surface area (Å²) in [5.41, 5.74) is 0.0911. The summed E-state index contributed by atoms with van der Waals surface area (Å²) in [5.74, 6) is 0.0260. The smallest absolute Gasteiger partial charge is 0.168 e. The van der Waals surface area contributed by atoms with Crippen molar-refractivity contribution in [3.05, 3.63) is 34.9 Å². The molecule has 82 valence electrons. The standard InChI is InChI=1S/C12H15ClO2/c1-12(2,15-3)11(14)8-9-6-4-5-7-10(9)13/h4-7H,8H2,1-3H3. The summed E-state index contributed by atoms with van der Waals surface area (Å²) in [6.45, 7) is 3.51. The summed E-state index contributed by atoms with van der Waals surface area (Å²) in [6, 6.07) is 7.35. The molecule has 0 bridgehead atoms. The number of carbonyl (C=O) groups excluding carboxylic acids is 1. The van der Waals surface area contributed by atoms with Gasteiger partial charge in [0.1, 0.15) is 5.60 Å². The zero-order chi connectivity index (χ0) is 11.5. The van der Waals surface area contributed by atoms with Crippen molar-refractivity contribution in [3.8, 4) is 0 Å². The number of hydrogen-bond acceptors (Lipinski definition) is 2. The number of carbonyl (C=O) groups is 1. The lowest BCUT2D eigenvalue weighted by Gasteiger charge is -2.21. The Kier molecular flexibility index (Phi) is 3.89. The first-order valence-corrected chi connectivity index (χ1v) is 5.17. The highest BCUT2D eigenvalue weighted by Gasteiger charge is 2.26. The largest absolute Gasteiger partial charge is 0.371 e. The SMILES string of the molecule is COC(C)(C)C(=O)Cc1ccccc1Cl. The molecule has 0 saturated heterocycles. The van der Waals surface area contributed by atoms with Gasteiger partial charge in [0, 0.05) is 18.6 Å². The zero-order valence-corrected chi connectivity index (χ0v) is 9.97. The molecule has 0 aliphatic carbocycles. The Morgan fingerprint density at radius 1 is 1.40 bits per heavy atom. The number of ether oxygens (including phenoxy) is 1. The fourth-order valence-corrected chi connectivity index (χ4v) is 1.34. The minimum absolute atomic E-state index is 0.0260. The fourth-order valence-electron chi connectivity index (χ4n) is 1.14. The van der Waals surface area contributed by atoms with Gasteiger partial charge in [0.2, 0.25) is 0 Å². The minimum Gasteiger partial charge on any atom is -0.371 e. The van der Waals surface area contributed by atoms with E-state index in [0.717, 1.165) is 5.56 Å².